The summed E-state index contributed by atoms with van der Waals surface area (Å²) in [7, 11) is -12.3. The van der Waals surface area contributed by atoms with Crippen LogP contribution in [0.5, 0.6) is 5.75 Å². The first-order chi connectivity index (χ1) is 11.6. The van der Waals surface area contributed by atoms with Crippen LogP contribution in [0.3, 0.4) is 0 Å². The summed E-state index contributed by atoms with van der Waals surface area (Å²) in [5.74, 6) is -0.874. The van der Waals surface area contributed by atoms with Crippen molar-refractivity contribution >= 4 is 47.0 Å². The van der Waals surface area contributed by atoms with Gasteiger partial charge < -0.3 is 4.18 Å². The normalized spacial score (nSPS) is 15.2. The number of nitrogens with one attached hydrogen (secondary N) is 1. The maximum atomic E-state index is 12.3. The van der Waals surface area contributed by atoms with E-state index in [2.05, 4.69) is 4.18 Å². The molecular formula is C11H17NO10S4. The molecule has 0 fully saturated rings. The lowest BCUT2D eigenvalue weighted by Crippen LogP contribution is -2.27. The minimum atomic E-state index is -4.68. The topological polar surface area (TPSA) is 181 Å². The van der Waals surface area contributed by atoms with Crippen molar-refractivity contribution in [2.24, 2.45) is 0 Å². The zero-order chi connectivity index (χ0) is 20.3. The Morgan fingerprint density at radius 3 is 2.23 bits per heavy atom. The number of sulfonamides is 1. The average molecular weight is 452 g/mol. The minimum Gasteiger partial charge on any atom is -0.378 e. The molecule has 1 aromatic rings. The van der Waals surface area contributed by atoms with Crippen molar-refractivity contribution < 1.29 is 42.8 Å². The van der Waals surface area contributed by atoms with Gasteiger partial charge in [-0.1, -0.05) is 0 Å². The Balaban J connectivity index is 3.24. The van der Waals surface area contributed by atoms with Gasteiger partial charge in [0.2, 0.25) is 10.0 Å². The quantitative estimate of drug-likeness (QED) is 0.342. The molecule has 150 valence electrons. The molecule has 0 radical (unpaired) electrons. The van der Waals surface area contributed by atoms with E-state index in [1.54, 1.807) is 0 Å². The number of benzene rings is 1. The van der Waals surface area contributed by atoms with Gasteiger partial charge in [0, 0.05) is 6.26 Å². The van der Waals surface area contributed by atoms with Crippen LogP contribution in [0, 0.1) is 0 Å². The summed E-state index contributed by atoms with van der Waals surface area (Å²) in [6.45, 7) is 1.23. The Labute approximate surface area is 154 Å². The monoisotopic (exact) mass is 451 g/mol. The van der Waals surface area contributed by atoms with Gasteiger partial charge in [-0.2, -0.15) is 12.6 Å². The van der Waals surface area contributed by atoms with Crippen LogP contribution in [0.15, 0.2) is 23.1 Å². The minimum absolute atomic E-state index is 0.242. The van der Waals surface area contributed by atoms with Gasteiger partial charge in [0.05, 0.1) is 21.6 Å². The van der Waals surface area contributed by atoms with Crippen LogP contribution >= 0.6 is 0 Å². The van der Waals surface area contributed by atoms with E-state index in [4.69, 9.17) is 9.11 Å². The highest BCUT2D eigenvalue weighted by molar-refractivity contribution is 7.93. The summed E-state index contributed by atoms with van der Waals surface area (Å²) in [6.07, 6.45) is 0.701. The van der Waals surface area contributed by atoms with Gasteiger partial charge in [-0.3, -0.25) is 13.8 Å². The zero-order valence-corrected chi connectivity index (χ0v) is 16.8. The summed E-state index contributed by atoms with van der Waals surface area (Å²) in [6, 6.07) is 2.40. The van der Waals surface area contributed by atoms with Crippen LogP contribution in [0.2, 0.25) is 0 Å². The second-order valence-corrected chi connectivity index (χ2v) is 11.7. The molecule has 2 unspecified atom stereocenters. The highest BCUT2D eigenvalue weighted by Crippen LogP contribution is 2.30. The van der Waals surface area contributed by atoms with E-state index in [0.717, 1.165) is 18.4 Å². The number of hydrogen-bond donors (Lipinski definition) is 3. The molecule has 0 saturated heterocycles. The van der Waals surface area contributed by atoms with Crippen LogP contribution in [-0.2, 0) is 41.3 Å². The van der Waals surface area contributed by atoms with Crippen molar-refractivity contribution in [3.63, 3.8) is 0 Å². The SMILES string of the molecule is CC(CCS(C)(=O)=O)S(=O)(=O)Nc1cc(S(=O)(=O)O)ccc1OS(=O)O. The Hall–Kier alpha value is -1.26. The summed E-state index contributed by atoms with van der Waals surface area (Å²) in [5, 5.41) is -1.20. The smallest absolute Gasteiger partial charge is 0.357 e. The number of hydrogen-bond acceptors (Lipinski definition) is 8. The molecule has 0 saturated carbocycles. The average Bonchev–Trinajstić information content (AvgIpc) is 2.43. The Bertz CT molecular complexity index is 997. The van der Waals surface area contributed by atoms with Gasteiger partial charge in [0.25, 0.3) is 10.1 Å². The van der Waals surface area contributed by atoms with Crippen LogP contribution in [0.4, 0.5) is 5.69 Å². The van der Waals surface area contributed by atoms with Gasteiger partial charge in [0.1, 0.15) is 9.84 Å². The van der Waals surface area contributed by atoms with Gasteiger partial charge >= 0.3 is 11.4 Å². The third-order valence-electron chi connectivity index (χ3n) is 3.09. The van der Waals surface area contributed by atoms with E-state index >= 15 is 0 Å². The molecule has 0 heterocycles. The van der Waals surface area contributed by atoms with Gasteiger partial charge in [-0.25, -0.2) is 16.8 Å². The zero-order valence-electron chi connectivity index (χ0n) is 13.5. The van der Waals surface area contributed by atoms with Gasteiger partial charge in [-0.15, -0.1) is 0 Å². The summed E-state index contributed by atoms with van der Waals surface area (Å²) < 4.78 is 104. The standard InChI is InChI=1S/C11H17NO10S4/c1-8(5-6-24(2,15)16)25(17,18)12-10-7-9(26(19,20)21)3-4-11(10)22-23(13)14/h3-4,7-8,12H,5-6H2,1-2H3,(H,13,14)(H,19,20,21). The third kappa shape index (κ3) is 7.16. The maximum Gasteiger partial charge on any atom is 0.357 e. The molecule has 0 aliphatic rings. The molecule has 1 rings (SSSR count). The predicted octanol–water partition coefficient (Wildman–Crippen LogP) is 0.0137. The molecule has 0 amide bonds. The number of sulfone groups is 1. The summed E-state index contributed by atoms with van der Waals surface area (Å²) in [5.41, 5.74) is -0.520. The highest BCUT2D eigenvalue weighted by Gasteiger charge is 2.25. The first-order valence-corrected chi connectivity index (χ1v) is 12.8. The van der Waals surface area contributed by atoms with Gasteiger partial charge in [0.15, 0.2) is 5.75 Å². The lowest BCUT2D eigenvalue weighted by atomic mass is 10.3. The van der Waals surface area contributed by atoms with Crippen LogP contribution in [0.25, 0.3) is 0 Å². The number of rotatable bonds is 9. The fourth-order valence-corrected chi connectivity index (χ4v) is 4.52. The molecule has 0 aliphatic heterocycles. The van der Waals surface area contributed by atoms with Gasteiger partial charge in [-0.05, 0) is 31.5 Å². The molecule has 11 nitrogen and oxygen atoms in total. The third-order valence-corrected chi connectivity index (χ3v) is 7.04. The Morgan fingerprint density at radius 1 is 1.19 bits per heavy atom. The largest absolute Gasteiger partial charge is 0.378 e. The summed E-state index contributed by atoms with van der Waals surface area (Å²) in [4.78, 5) is -0.685. The van der Waals surface area contributed by atoms with E-state index in [-0.39, 0.29) is 6.42 Å². The Kier molecular flexibility index (Phi) is 7.17. The van der Waals surface area contributed by atoms with Crippen LogP contribution < -0.4 is 8.91 Å². The number of anilines is 1. The second-order valence-electron chi connectivity index (χ2n) is 5.31. The van der Waals surface area contributed by atoms with Crippen molar-refractivity contribution in [2.45, 2.75) is 23.5 Å². The molecule has 1 aromatic carbocycles. The van der Waals surface area contributed by atoms with E-state index in [9.17, 15) is 29.5 Å². The van der Waals surface area contributed by atoms with Crippen molar-refractivity contribution in [1.29, 1.82) is 0 Å². The summed E-state index contributed by atoms with van der Waals surface area (Å²) >= 11 is -2.83. The van der Waals surface area contributed by atoms with Crippen LogP contribution in [-0.4, -0.2) is 55.8 Å². The van der Waals surface area contributed by atoms with Crippen LogP contribution in [0.1, 0.15) is 13.3 Å². The highest BCUT2D eigenvalue weighted by atomic mass is 32.2. The van der Waals surface area contributed by atoms with E-state index < -0.39 is 68.7 Å². The fourth-order valence-electron chi connectivity index (χ4n) is 1.69. The molecule has 0 spiro atoms. The first kappa shape index (κ1) is 22.8. The maximum absolute atomic E-state index is 12.3. The molecule has 3 N–H and O–H groups in total. The molecule has 15 heteroatoms. The lowest BCUT2D eigenvalue weighted by molar-refractivity contribution is 0.458. The van der Waals surface area contributed by atoms with Crippen molar-refractivity contribution in [3.05, 3.63) is 18.2 Å². The molecule has 26 heavy (non-hydrogen) atoms. The molecule has 2 atom stereocenters. The molecule has 0 aliphatic carbocycles. The van der Waals surface area contributed by atoms with E-state index in [1.807, 2.05) is 4.72 Å². The molecule has 0 aromatic heterocycles. The van der Waals surface area contributed by atoms with Crippen molar-refractivity contribution in [1.82, 2.24) is 0 Å². The second kappa shape index (κ2) is 8.18. The van der Waals surface area contributed by atoms with Crippen molar-refractivity contribution in [2.75, 3.05) is 16.7 Å². The fraction of sp³-hybridized carbons (Fsp3) is 0.455. The molecule has 0 bridgehead atoms. The van der Waals surface area contributed by atoms with E-state index in [1.165, 1.54) is 6.92 Å². The predicted molar refractivity (Wildman–Crippen MR) is 94.0 cm³/mol. The lowest BCUT2D eigenvalue weighted by Gasteiger charge is -2.16. The first-order valence-electron chi connectivity index (χ1n) is 6.72. The van der Waals surface area contributed by atoms with E-state index in [0.29, 0.717) is 6.07 Å². The Morgan fingerprint density at radius 2 is 1.77 bits per heavy atom. The van der Waals surface area contributed by atoms with Crippen molar-refractivity contribution in [3.8, 4) is 5.75 Å². The molecular weight excluding hydrogens is 434 g/mol.